The molecule has 0 radical (unpaired) electrons. The summed E-state index contributed by atoms with van der Waals surface area (Å²) in [4.78, 5) is 26.6. The normalized spacial score (nSPS) is 25.3. The predicted molar refractivity (Wildman–Crippen MR) is 78.2 cm³/mol. The second kappa shape index (κ2) is 7.07. The van der Waals surface area contributed by atoms with E-state index in [1.54, 1.807) is 11.8 Å². The zero-order valence-corrected chi connectivity index (χ0v) is 13.5. The van der Waals surface area contributed by atoms with Crippen LogP contribution in [0.3, 0.4) is 0 Å². The Hall–Kier alpha value is -1.10. The maximum Gasteiger partial charge on any atom is 0.245 e. The van der Waals surface area contributed by atoms with E-state index in [1.165, 1.54) is 0 Å². The fourth-order valence-electron chi connectivity index (χ4n) is 2.67. The van der Waals surface area contributed by atoms with Gasteiger partial charge in [-0.3, -0.25) is 9.59 Å². The summed E-state index contributed by atoms with van der Waals surface area (Å²) >= 11 is 0. The smallest absolute Gasteiger partial charge is 0.245 e. The van der Waals surface area contributed by atoms with Crippen LogP contribution >= 0.6 is 0 Å². The first-order chi connectivity index (χ1) is 9.31. The lowest BCUT2D eigenvalue weighted by molar-refractivity contribution is -0.156. The molecule has 1 aliphatic heterocycles. The summed E-state index contributed by atoms with van der Waals surface area (Å²) < 4.78 is 5.53. The van der Waals surface area contributed by atoms with Gasteiger partial charge >= 0.3 is 0 Å². The molecule has 0 aromatic heterocycles. The molecule has 116 valence electrons. The van der Waals surface area contributed by atoms with Crippen molar-refractivity contribution in [2.45, 2.75) is 59.7 Å². The van der Waals surface area contributed by atoms with E-state index >= 15 is 0 Å². The highest BCUT2D eigenvalue weighted by Crippen LogP contribution is 2.24. The number of piperazine rings is 1. The van der Waals surface area contributed by atoms with Gasteiger partial charge in [0, 0.05) is 6.61 Å². The topological polar surface area (TPSA) is 58.6 Å². The summed E-state index contributed by atoms with van der Waals surface area (Å²) in [5, 5.41) is 2.77. The van der Waals surface area contributed by atoms with Crippen molar-refractivity contribution in [1.82, 2.24) is 10.2 Å². The first-order valence-electron chi connectivity index (χ1n) is 7.51. The van der Waals surface area contributed by atoms with Gasteiger partial charge in [-0.15, -0.1) is 0 Å². The van der Waals surface area contributed by atoms with Crippen molar-refractivity contribution in [3.8, 4) is 0 Å². The van der Waals surface area contributed by atoms with Crippen molar-refractivity contribution in [3.05, 3.63) is 0 Å². The maximum absolute atomic E-state index is 12.6. The van der Waals surface area contributed by atoms with Gasteiger partial charge in [-0.1, -0.05) is 27.7 Å². The van der Waals surface area contributed by atoms with E-state index in [1.807, 2.05) is 20.8 Å². The number of ether oxygens (including phenoxy) is 1. The average molecular weight is 284 g/mol. The molecular formula is C15H28N2O3. The van der Waals surface area contributed by atoms with Gasteiger partial charge in [0.15, 0.2) is 0 Å². The van der Waals surface area contributed by atoms with E-state index in [9.17, 15) is 9.59 Å². The lowest BCUT2D eigenvalue weighted by atomic mass is 9.92. The lowest BCUT2D eigenvalue weighted by Gasteiger charge is -2.45. The summed E-state index contributed by atoms with van der Waals surface area (Å²) in [5.41, 5.74) is 0. The van der Waals surface area contributed by atoms with Gasteiger partial charge in [0.2, 0.25) is 11.8 Å². The molecule has 1 saturated heterocycles. The third-order valence-corrected chi connectivity index (χ3v) is 3.80. The van der Waals surface area contributed by atoms with Crippen LogP contribution in [0, 0.1) is 11.8 Å². The van der Waals surface area contributed by atoms with Gasteiger partial charge in [0.1, 0.15) is 12.1 Å². The van der Waals surface area contributed by atoms with Gasteiger partial charge < -0.3 is 15.0 Å². The molecule has 2 amide bonds. The van der Waals surface area contributed by atoms with E-state index in [0.717, 1.165) is 0 Å². The van der Waals surface area contributed by atoms with Gasteiger partial charge in [-0.2, -0.15) is 0 Å². The molecule has 1 rings (SSSR count). The molecule has 20 heavy (non-hydrogen) atoms. The molecule has 0 saturated carbocycles. The molecule has 3 atom stereocenters. The summed E-state index contributed by atoms with van der Waals surface area (Å²) in [6.07, 6.45) is 0. The highest BCUT2D eigenvalue weighted by Gasteiger charge is 2.44. The van der Waals surface area contributed by atoms with Crippen molar-refractivity contribution in [1.29, 1.82) is 0 Å². The minimum absolute atomic E-state index is 0.0123. The maximum atomic E-state index is 12.6. The summed E-state index contributed by atoms with van der Waals surface area (Å²) in [6.45, 7) is 12.8. The Kier molecular flexibility index (Phi) is 5.99. The van der Waals surface area contributed by atoms with Crippen LogP contribution in [0.25, 0.3) is 0 Å². The zero-order valence-electron chi connectivity index (χ0n) is 13.5. The first kappa shape index (κ1) is 17.0. The Morgan fingerprint density at radius 3 is 2.30 bits per heavy atom. The lowest BCUT2D eigenvalue weighted by Crippen LogP contribution is -2.67. The first-order valence-corrected chi connectivity index (χ1v) is 7.51. The van der Waals surface area contributed by atoms with E-state index in [4.69, 9.17) is 4.74 Å². The molecule has 5 heteroatoms. The van der Waals surface area contributed by atoms with Crippen LogP contribution in [0.1, 0.15) is 41.5 Å². The van der Waals surface area contributed by atoms with Crippen molar-refractivity contribution in [2.24, 2.45) is 11.8 Å². The Balaban J connectivity index is 3.08. The fraction of sp³-hybridized carbons (Fsp3) is 0.867. The van der Waals surface area contributed by atoms with Crippen LogP contribution < -0.4 is 5.32 Å². The Bertz CT molecular complexity index is 355. The highest BCUT2D eigenvalue weighted by atomic mass is 16.5. The number of rotatable bonds is 6. The number of nitrogens with one attached hydrogen (secondary N) is 1. The summed E-state index contributed by atoms with van der Waals surface area (Å²) in [7, 11) is 0. The zero-order chi connectivity index (χ0) is 15.4. The molecule has 3 unspecified atom stereocenters. The minimum atomic E-state index is -0.458. The second-order valence-electron chi connectivity index (χ2n) is 6.14. The van der Waals surface area contributed by atoms with Crippen LogP contribution in [-0.4, -0.2) is 48.1 Å². The van der Waals surface area contributed by atoms with Crippen LogP contribution in [0.15, 0.2) is 0 Å². The molecule has 0 aromatic carbocycles. The monoisotopic (exact) mass is 284 g/mol. The molecule has 5 nitrogen and oxygen atoms in total. The molecule has 1 fully saturated rings. The average Bonchev–Trinajstić information content (AvgIpc) is 2.34. The highest BCUT2D eigenvalue weighted by molar-refractivity contribution is 5.97. The Morgan fingerprint density at radius 2 is 1.85 bits per heavy atom. The van der Waals surface area contributed by atoms with E-state index in [0.29, 0.717) is 13.2 Å². The third kappa shape index (κ3) is 3.51. The fourth-order valence-corrected chi connectivity index (χ4v) is 2.67. The van der Waals surface area contributed by atoms with E-state index in [-0.39, 0.29) is 29.7 Å². The SMILES string of the molecule is CCOCC(C(C)C)N1C(=O)C(C)NC(=O)C1C(C)C. The largest absolute Gasteiger partial charge is 0.380 e. The molecule has 1 aliphatic rings. The Morgan fingerprint density at radius 1 is 1.25 bits per heavy atom. The molecule has 0 bridgehead atoms. The van der Waals surface area contributed by atoms with E-state index < -0.39 is 12.1 Å². The van der Waals surface area contributed by atoms with Crippen LogP contribution in [0.2, 0.25) is 0 Å². The number of amides is 2. The molecule has 1 heterocycles. The van der Waals surface area contributed by atoms with E-state index in [2.05, 4.69) is 19.2 Å². The quantitative estimate of drug-likeness (QED) is 0.802. The number of nitrogens with zero attached hydrogens (tertiary/aromatic N) is 1. The van der Waals surface area contributed by atoms with Crippen LogP contribution in [0.5, 0.6) is 0 Å². The third-order valence-electron chi connectivity index (χ3n) is 3.80. The van der Waals surface area contributed by atoms with Gasteiger partial charge in [-0.25, -0.2) is 0 Å². The summed E-state index contributed by atoms with van der Waals surface area (Å²) in [6, 6.07) is -0.935. The van der Waals surface area contributed by atoms with Crippen molar-refractivity contribution >= 4 is 11.8 Å². The molecular weight excluding hydrogens is 256 g/mol. The number of carbonyl (C=O) groups is 2. The van der Waals surface area contributed by atoms with Crippen molar-refractivity contribution in [2.75, 3.05) is 13.2 Å². The van der Waals surface area contributed by atoms with Crippen molar-refractivity contribution < 1.29 is 14.3 Å². The minimum Gasteiger partial charge on any atom is -0.380 e. The predicted octanol–water partition coefficient (Wildman–Crippen LogP) is 1.42. The molecule has 0 spiro atoms. The molecule has 1 N–H and O–H groups in total. The molecule has 0 aromatic rings. The van der Waals surface area contributed by atoms with Gasteiger partial charge in [0.05, 0.1) is 12.6 Å². The Labute approximate surface area is 122 Å². The number of hydrogen-bond donors (Lipinski definition) is 1. The number of carbonyl (C=O) groups excluding carboxylic acids is 2. The van der Waals surface area contributed by atoms with Crippen molar-refractivity contribution in [3.63, 3.8) is 0 Å². The van der Waals surface area contributed by atoms with Crippen LogP contribution in [0.4, 0.5) is 0 Å². The summed E-state index contributed by atoms with van der Waals surface area (Å²) in [5.74, 6) is 0.245. The van der Waals surface area contributed by atoms with Crippen LogP contribution in [-0.2, 0) is 14.3 Å². The molecule has 0 aliphatic carbocycles. The van der Waals surface area contributed by atoms with Gasteiger partial charge in [-0.05, 0) is 25.7 Å². The van der Waals surface area contributed by atoms with Gasteiger partial charge in [0.25, 0.3) is 0 Å². The second-order valence-corrected chi connectivity index (χ2v) is 6.14. The standard InChI is InChI=1S/C15H28N2O3/c1-7-20-8-12(9(2)3)17-13(10(4)5)14(18)16-11(6)15(17)19/h9-13H,7-8H2,1-6H3,(H,16,18). The number of hydrogen-bond acceptors (Lipinski definition) is 3.